The number of nitrogens with one attached hydrogen (secondary N) is 2. The summed E-state index contributed by atoms with van der Waals surface area (Å²) < 4.78 is 31.7. The van der Waals surface area contributed by atoms with E-state index in [-0.39, 0.29) is 0 Å². The standard InChI is InChI=1S/C24H22N4.C2HF3O2/c25-13-15-1-3-19-11-23(27-21(19)9-15)17-5-7-18(8-6-17)24-12-20-4-2-16(14-26)10-22(20)28-24;3-2(4,5)1(6)7/h1-12,27-28H,13-14,25-26H2;(H,6,7). The highest BCUT2D eigenvalue weighted by molar-refractivity contribution is 5.88. The van der Waals surface area contributed by atoms with Crippen LogP contribution in [-0.4, -0.2) is 27.2 Å². The summed E-state index contributed by atoms with van der Waals surface area (Å²) in [6, 6.07) is 25.6. The first-order chi connectivity index (χ1) is 16.7. The Hall–Kier alpha value is -4.08. The molecule has 3 aromatic carbocycles. The van der Waals surface area contributed by atoms with Crippen LogP contribution in [0.25, 0.3) is 44.3 Å². The number of fused-ring (bicyclic) bond motifs is 2. The van der Waals surface area contributed by atoms with E-state index in [2.05, 4.69) is 82.8 Å². The van der Waals surface area contributed by atoms with Crippen molar-refractivity contribution in [3.05, 3.63) is 83.9 Å². The molecule has 5 rings (SSSR count). The number of aromatic nitrogens is 2. The summed E-state index contributed by atoms with van der Waals surface area (Å²) in [6.07, 6.45) is -5.08. The largest absolute Gasteiger partial charge is 0.490 e. The number of benzene rings is 3. The van der Waals surface area contributed by atoms with Crippen molar-refractivity contribution in [1.82, 2.24) is 9.97 Å². The highest BCUT2D eigenvalue weighted by Crippen LogP contribution is 2.29. The number of carboxylic acids is 1. The molecule has 5 aromatic rings. The van der Waals surface area contributed by atoms with Crippen molar-refractivity contribution in [1.29, 1.82) is 0 Å². The van der Waals surface area contributed by atoms with E-state index in [9.17, 15) is 13.2 Å². The molecule has 2 aromatic heterocycles. The topological polar surface area (TPSA) is 121 Å². The molecule has 0 atom stereocenters. The van der Waals surface area contributed by atoms with Crippen molar-refractivity contribution in [3.63, 3.8) is 0 Å². The summed E-state index contributed by atoms with van der Waals surface area (Å²) >= 11 is 0. The van der Waals surface area contributed by atoms with Crippen molar-refractivity contribution in [2.45, 2.75) is 19.3 Å². The van der Waals surface area contributed by atoms with Crippen molar-refractivity contribution in [2.75, 3.05) is 0 Å². The molecular formula is C26H23F3N4O2. The van der Waals surface area contributed by atoms with Gasteiger partial charge in [-0.2, -0.15) is 13.2 Å². The van der Waals surface area contributed by atoms with Crippen LogP contribution in [0.4, 0.5) is 13.2 Å². The molecule has 6 nitrogen and oxygen atoms in total. The second-order valence-corrected chi connectivity index (χ2v) is 8.00. The molecular weight excluding hydrogens is 457 g/mol. The van der Waals surface area contributed by atoms with Gasteiger partial charge in [0.2, 0.25) is 0 Å². The number of aromatic amines is 2. The van der Waals surface area contributed by atoms with Gasteiger partial charge in [0.25, 0.3) is 0 Å². The predicted molar refractivity (Wildman–Crippen MR) is 131 cm³/mol. The lowest BCUT2D eigenvalue weighted by molar-refractivity contribution is -0.192. The van der Waals surface area contributed by atoms with Gasteiger partial charge in [-0.05, 0) is 46.5 Å². The van der Waals surface area contributed by atoms with Gasteiger partial charge in [-0.3, -0.25) is 0 Å². The minimum atomic E-state index is -5.08. The number of hydrogen-bond acceptors (Lipinski definition) is 3. The highest BCUT2D eigenvalue weighted by Gasteiger charge is 2.38. The lowest BCUT2D eigenvalue weighted by Gasteiger charge is -2.01. The Morgan fingerprint density at radius 2 is 1.09 bits per heavy atom. The van der Waals surface area contributed by atoms with Gasteiger partial charge in [0, 0.05) is 46.3 Å². The first-order valence-electron chi connectivity index (χ1n) is 10.7. The SMILES string of the molecule is NCc1ccc2cc(-c3ccc(-c4cc5ccc(CN)cc5[nH]4)cc3)[nH]c2c1.O=C(O)C(F)(F)F. The Balaban J connectivity index is 0.000000364. The molecule has 7 N–H and O–H groups in total. The Bertz CT molecular complexity index is 1380. The third kappa shape index (κ3) is 5.37. The van der Waals surface area contributed by atoms with E-state index in [4.69, 9.17) is 21.4 Å². The number of carboxylic acid groups (broad SMARTS) is 1. The zero-order valence-corrected chi connectivity index (χ0v) is 18.5. The zero-order valence-electron chi connectivity index (χ0n) is 18.5. The normalized spacial score (nSPS) is 11.5. The average Bonchev–Trinajstić information content (AvgIpc) is 3.47. The van der Waals surface area contributed by atoms with Gasteiger partial charge < -0.3 is 26.5 Å². The van der Waals surface area contributed by atoms with Crippen LogP contribution < -0.4 is 11.5 Å². The fraction of sp³-hybridized carbons (Fsp3) is 0.115. The lowest BCUT2D eigenvalue weighted by Crippen LogP contribution is -2.21. The van der Waals surface area contributed by atoms with E-state index in [1.807, 2.05) is 0 Å². The molecule has 0 unspecified atom stereocenters. The Kier molecular flexibility index (Phi) is 6.63. The fourth-order valence-corrected chi connectivity index (χ4v) is 3.74. The number of alkyl halides is 3. The summed E-state index contributed by atoms with van der Waals surface area (Å²) in [7, 11) is 0. The number of carbonyl (C=O) groups is 1. The van der Waals surface area contributed by atoms with Crippen LogP contribution in [0.1, 0.15) is 11.1 Å². The quantitative estimate of drug-likeness (QED) is 0.232. The maximum absolute atomic E-state index is 10.6. The first-order valence-corrected chi connectivity index (χ1v) is 10.7. The number of rotatable bonds is 4. The third-order valence-electron chi connectivity index (χ3n) is 5.59. The van der Waals surface area contributed by atoms with Crippen LogP contribution in [0, 0.1) is 0 Å². The zero-order chi connectivity index (χ0) is 25.2. The van der Waals surface area contributed by atoms with E-state index in [0.717, 1.165) is 44.7 Å². The predicted octanol–water partition coefficient (Wildman–Crippen LogP) is 5.53. The van der Waals surface area contributed by atoms with Crippen LogP contribution in [0.3, 0.4) is 0 Å². The van der Waals surface area contributed by atoms with Crippen molar-refractivity contribution >= 4 is 27.8 Å². The van der Waals surface area contributed by atoms with E-state index in [1.165, 1.54) is 10.8 Å². The molecule has 9 heteroatoms. The molecule has 0 amide bonds. The first kappa shape index (κ1) is 24.1. The minimum absolute atomic E-state index is 0.552. The van der Waals surface area contributed by atoms with Crippen LogP contribution in [0.2, 0.25) is 0 Å². The molecule has 0 fully saturated rings. The molecule has 0 saturated heterocycles. The summed E-state index contributed by atoms with van der Waals surface area (Å²) in [5.74, 6) is -2.76. The molecule has 0 aliphatic carbocycles. The fourth-order valence-electron chi connectivity index (χ4n) is 3.74. The number of hydrogen-bond donors (Lipinski definition) is 5. The summed E-state index contributed by atoms with van der Waals surface area (Å²) in [6.45, 7) is 1.10. The monoisotopic (exact) mass is 480 g/mol. The van der Waals surface area contributed by atoms with Gasteiger partial charge in [0.15, 0.2) is 0 Å². The molecule has 0 saturated carbocycles. The van der Waals surface area contributed by atoms with E-state index >= 15 is 0 Å². The van der Waals surface area contributed by atoms with Crippen molar-refractivity contribution in [3.8, 4) is 22.5 Å². The van der Waals surface area contributed by atoms with Crippen LogP contribution in [0.5, 0.6) is 0 Å². The highest BCUT2D eigenvalue weighted by atomic mass is 19.4. The van der Waals surface area contributed by atoms with Crippen LogP contribution in [-0.2, 0) is 17.9 Å². The van der Waals surface area contributed by atoms with E-state index in [0.29, 0.717) is 13.1 Å². The van der Waals surface area contributed by atoms with Gasteiger partial charge >= 0.3 is 12.1 Å². The third-order valence-corrected chi connectivity index (χ3v) is 5.59. The Morgan fingerprint density at radius 3 is 1.40 bits per heavy atom. The number of aliphatic carboxylic acids is 1. The Morgan fingerprint density at radius 1 is 0.714 bits per heavy atom. The number of halogens is 3. The molecule has 0 bridgehead atoms. The molecule has 0 aliphatic heterocycles. The Labute approximate surface area is 198 Å². The molecule has 0 aliphatic rings. The van der Waals surface area contributed by atoms with E-state index < -0.39 is 12.1 Å². The summed E-state index contributed by atoms with van der Waals surface area (Å²) in [4.78, 5) is 15.9. The molecule has 0 radical (unpaired) electrons. The lowest BCUT2D eigenvalue weighted by atomic mass is 10.1. The molecule has 2 heterocycles. The van der Waals surface area contributed by atoms with Crippen molar-refractivity contribution < 1.29 is 23.1 Å². The molecule has 180 valence electrons. The maximum atomic E-state index is 10.6. The summed E-state index contributed by atoms with van der Waals surface area (Å²) in [5.41, 5.74) is 20.6. The molecule has 35 heavy (non-hydrogen) atoms. The second kappa shape index (κ2) is 9.65. The smallest absolute Gasteiger partial charge is 0.475 e. The maximum Gasteiger partial charge on any atom is 0.490 e. The van der Waals surface area contributed by atoms with Crippen molar-refractivity contribution in [2.24, 2.45) is 11.5 Å². The minimum Gasteiger partial charge on any atom is -0.475 e. The van der Waals surface area contributed by atoms with Crippen LogP contribution in [0.15, 0.2) is 72.8 Å². The second-order valence-electron chi connectivity index (χ2n) is 8.00. The molecule has 0 spiro atoms. The van der Waals surface area contributed by atoms with Gasteiger partial charge in [-0.1, -0.05) is 48.5 Å². The summed E-state index contributed by atoms with van der Waals surface area (Å²) in [5, 5.41) is 9.52. The van der Waals surface area contributed by atoms with Crippen LogP contribution >= 0.6 is 0 Å². The number of nitrogens with two attached hydrogens (primary N) is 2. The van der Waals surface area contributed by atoms with E-state index in [1.54, 1.807) is 0 Å². The van der Waals surface area contributed by atoms with Gasteiger partial charge in [0.05, 0.1) is 0 Å². The number of H-pyrrole nitrogens is 2. The average molecular weight is 480 g/mol. The van der Waals surface area contributed by atoms with Gasteiger partial charge in [-0.15, -0.1) is 0 Å². The van der Waals surface area contributed by atoms with Gasteiger partial charge in [-0.25, -0.2) is 4.79 Å². The van der Waals surface area contributed by atoms with Gasteiger partial charge in [0.1, 0.15) is 0 Å².